The summed E-state index contributed by atoms with van der Waals surface area (Å²) in [5.41, 5.74) is 15.4. The Hall–Kier alpha value is -4.13. The highest BCUT2D eigenvalue weighted by atomic mass is 16.2. The van der Waals surface area contributed by atoms with E-state index in [9.17, 15) is 4.79 Å². The molecule has 3 aromatic rings. The number of fused-ring (bicyclic) bond motifs is 1. The molecule has 0 saturated carbocycles. The van der Waals surface area contributed by atoms with E-state index >= 15 is 0 Å². The lowest BCUT2D eigenvalue weighted by Gasteiger charge is -2.33. The van der Waals surface area contributed by atoms with E-state index in [0.717, 1.165) is 72.5 Å². The summed E-state index contributed by atoms with van der Waals surface area (Å²) in [7, 11) is 0. The molecule has 0 radical (unpaired) electrons. The number of benzene rings is 2. The van der Waals surface area contributed by atoms with Gasteiger partial charge in [0.05, 0.1) is 17.1 Å². The number of nitrogens with one attached hydrogen (secondary N) is 5. The molecule has 5 N–H and O–H groups in total. The second kappa shape index (κ2) is 12.6. The van der Waals surface area contributed by atoms with Crippen molar-refractivity contribution in [2.75, 3.05) is 29.3 Å². The Labute approximate surface area is 230 Å². The van der Waals surface area contributed by atoms with Crippen molar-refractivity contribution in [2.45, 2.75) is 58.5 Å². The molecule has 2 aromatic carbocycles. The Morgan fingerprint density at radius 1 is 1.13 bits per heavy atom. The monoisotopic (exact) mass is 524 g/mol. The molecule has 202 valence electrons. The van der Waals surface area contributed by atoms with Crippen LogP contribution < -0.4 is 27.0 Å². The second-order valence-electron chi connectivity index (χ2n) is 9.88. The molecule has 3 heterocycles. The summed E-state index contributed by atoms with van der Waals surface area (Å²) >= 11 is 0. The summed E-state index contributed by atoms with van der Waals surface area (Å²) in [6.07, 6.45) is 6.69. The number of aromatic nitrogens is 2. The standard InChI is InChI=1S/C30H36N8O/c1-3-5-6-8-21-10-13-24(14-11-21)33-30-32-19-23(26(4-2)34-30)18-31-25-9-7-16-38(20-25)29(39)22-12-15-27-28(17-22)36-37-35-27/h10-15,17,19,25,31,35-37H,3-5,7,9,16,18,20H2,1-2H3,(H,32,33,34). The number of unbranched alkanes of at least 4 members (excludes halogenated alkanes) is 1. The van der Waals surface area contributed by atoms with Crippen LogP contribution in [0.1, 0.15) is 66.7 Å². The summed E-state index contributed by atoms with van der Waals surface area (Å²) in [6.45, 7) is 6.36. The van der Waals surface area contributed by atoms with E-state index in [0.29, 0.717) is 24.6 Å². The third-order valence-electron chi connectivity index (χ3n) is 6.99. The van der Waals surface area contributed by atoms with Crippen LogP contribution in [0.3, 0.4) is 0 Å². The molecule has 1 fully saturated rings. The van der Waals surface area contributed by atoms with Crippen molar-refractivity contribution in [3.8, 4) is 11.8 Å². The van der Waals surface area contributed by atoms with Crippen molar-refractivity contribution in [2.24, 2.45) is 0 Å². The van der Waals surface area contributed by atoms with Crippen LogP contribution >= 0.6 is 0 Å². The van der Waals surface area contributed by atoms with Gasteiger partial charge in [-0.05, 0) is 68.1 Å². The number of aryl methyl sites for hydroxylation is 1. The molecule has 1 aromatic heterocycles. The first-order chi connectivity index (χ1) is 19.1. The van der Waals surface area contributed by atoms with Crippen molar-refractivity contribution in [3.63, 3.8) is 0 Å². The summed E-state index contributed by atoms with van der Waals surface area (Å²) in [4.78, 5) is 24.5. The first-order valence-corrected chi connectivity index (χ1v) is 13.8. The molecule has 2 aliphatic rings. The van der Waals surface area contributed by atoms with Gasteiger partial charge in [0, 0.05) is 60.7 Å². The molecule has 9 heteroatoms. The maximum absolute atomic E-state index is 13.2. The Kier molecular flexibility index (Phi) is 8.56. The lowest BCUT2D eigenvalue weighted by atomic mass is 10.0. The quantitative estimate of drug-likeness (QED) is 0.273. The number of amides is 1. The minimum Gasteiger partial charge on any atom is -0.337 e. The van der Waals surface area contributed by atoms with Crippen LogP contribution in [0.5, 0.6) is 0 Å². The van der Waals surface area contributed by atoms with E-state index in [-0.39, 0.29) is 11.9 Å². The third kappa shape index (κ3) is 6.66. The zero-order chi connectivity index (χ0) is 27.0. The molecule has 0 bridgehead atoms. The molecular formula is C30H36N8O. The van der Waals surface area contributed by atoms with E-state index < -0.39 is 0 Å². The molecule has 39 heavy (non-hydrogen) atoms. The molecule has 5 rings (SSSR count). The SMILES string of the molecule is CCCC#Cc1ccc(Nc2ncc(CNC3CCCN(C(=O)c4ccc5c(c4)NNN5)C3)c(CC)n2)cc1. The number of hydrogen-bond acceptors (Lipinski definition) is 8. The molecule has 1 amide bonds. The molecule has 2 aliphatic heterocycles. The van der Waals surface area contributed by atoms with Gasteiger partial charge in [-0.25, -0.2) is 9.97 Å². The number of carbonyl (C=O) groups is 1. The zero-order valence-corrected chi connectivity index (χ0v) is 22.6. The number of likely N-dealkylation sites (tertiary alicyclic amines) is 1. The van der Waals surface area contributed by atoms with Crippen LogP contribution in [0.2, 0.25) is 0 Å². The topological polar surface area (TPSA) is 106 Å². The number of hydrogen-bond donors (Lipinski definition) is 5. The molecule has 1 atom stereocenters. The Morgan fingerprint density at radius 2 is 1.97 bits per heavy atom. The van der Waals surface area contributed by atoms with Crippen LogP contribution in [-0.4, -0.2) is 39.9 Å². The number of piperidine rings is 1. The Morgan fingerprint density at radius 3 is 2.79 bits per heavy atom. The fourth-order valence-corrected chi connectivity index (χ4v) is 4.83. The zero-order valence-electron chi connectivity index (χ0n) is 22.6. The molecule has 9 nitrogen and oxygen atoms in total. The van der Waals surface area contributed by atoms with E-state index in [2.05, 4.69) is 57.7 Å². The van der Waals surface area contributed by atoms with Gasteiger partial charge in [-0.1, -0.05) is 25.7 Å². The van der Waals surface area contributed by atoms with E-state index in [4.69, 9.17) is 4.98 Å². The summed E-state index contributed by atoms with van der Waals surface area (Å²) in [5, 5.41) is 6.96. The second-order valence-corrected chi connectivity index (χ2v) is 9.88. The number of carbonyl (C=O) groups excluding carboxylic acids is 1. The average Bonchev–Trinajstić information content (AvgIpc) is 3.45. The Bertz CT molecular complexity index is 1360. The molecule has 0 aliphatic carbocycles. The fourth-order valence-electron chi connectivity index (χ4n) is 4.83. The lowest BCUT2D eigenvalue weighted by molar-refractivity contribution is 0.0694. The van der Waals surface area contributed by atoms with Gasteiger partial charge in [0.15, 0.2) is 0 Å². The van der Waals surface area contributed by atoms with Gasteiger partial charge in [-0.15, -0.1) is 5.53 Å². The maximum atomic E-state index is 13.2. The minimum atomic E-state index is 0.0621. The van der Waals surface area contributed by atoms with Crippen LogP contribution in [0, 0.1) is 11.8 Å². The predicted molar refractivity (Wildman–Crippen MR) is 156 cm³/mol. The predicted octanol–water partition coefficient (Wildman–Crippen LogP) is 4.59. The van der Waals surface area contributed by atoms with Gasteiger partial charge in [0.2, 0.25) is 5.95 Å². The molecule has 0 spiro atoms. The highest BCUT2D eigenvalue weighted by molar-refractivity contribution is 5.96. The van der Waals surface area contributed by atoms with E-state index in [1.54, 1.807) is 0 Å². The smallest absolute Gasteiger partial charge is 0.253 e. The number of nitrogens with zero attached hydrogens (tertiary/aromatic N) is 3. The highest BCUT2D eigenvalue weighted by Crippen LogP contribution is 2.26. The number of rotatable bonds is 8. The van der Waals surface area contributed by atoms with Crippen molar-refractivity contribution >= 4 is 28.9 Å². The largest absolute Gasteiger partial charge is 0.337 e. The molecule has 1 unspecified atom stereocenters. The van der Waals surface area contributed by atoms with Crippen LogP contribution in [0.15, 0.2) is 48.7 Å². The summed E-state index contributed by atoms with van der Waals surface area (Å²) < 4.78 is 0. The highest BCUT2D eigenvalue weighted by Gasteiger charge is 2.25. The first kappa shape index (κ1) is 26.5. The average molecular weight is 525 g/mol. The van der Waals surface area contributed by atoms with Crippen LogP contribution in [0.25, 0.3) is 0 Å². The maximum Gasteiger partial charge on any atom is 0.253 e. The van der Waals surface area contributed by atoms with Gasteiger partial charge >= 0.3 is 0 Å². The molecule has 1 saturated heterocycles. The van der Waals surface area contributed by atoms with Crippen molar-refractivity contribution in [1.82, 2.24) is 25.7 Å². The van der Waals surface area contributed by atoms with Gasteiger partial charge in [-0.3, -0.25) is 4.79 Å². The summed E-state index contributed by atoms with van der Waals surface area (Å²) in [6, 6.07) is 13.9. The number of hydrazine groups is 2. The van der Waals surface area contributed by atoms with Gasteiger partial charge in [-0.2, -0.15) is 0 Å². The lowest BCUT2D eigenvalue weighted by Crippen LogP contribution is -2.47. The van der Waals surface area contributed by atoms with Gasteiger partial charge < -0.3 is 26.4 Å². The molecular weight excluding hydrogens is 488 g/mol. The van der Waals surface area contributed by atoms with Crippen LogP contribution in [0.4, 0.5) is 23.0 Å². The summed E-state index contributed by atoms with van der Waals surface area (Å²) in [5.74, 6) is 7.01. The van der Waals surface area contributed by atoms with Gasteiger partial charge in [0.1, 0.15) is 0 Å². The Balaban J connectivity index is 1.17. The van der Waals surface area contributed by atoms with E-state index in [1.807, 2.05) is 53.6 Å². The van der Waals surface area contributed by atoms with E-state index in [1.165, 1.54) is 0 Å². The van der Waals surface area contributed by atoms with Crippen molar-refractivity contribution in [1.29, 1.82) is 0 Å². The van der Waals surface area contributed by atoms with Crippen molar-refractivity contribution in [3.05, 3.63) is 71.0 Å². The van der Waals surface area contributed by atoms with Crippen LogP contribution in [-0.2, 0) is 13.0 Å². The minimum absolute atomic E-state index is 0.0621. The number of anilines is 4. The van der Waals surface area contributed by atoms with Gasteiger partial charge in [0.25, 0.3) is 5.91 Å². The fraction of sp³-hybridized carbons (Fsp3) is 0.367. The van der Waals surface area contributed by atoms with Crippen molar-refractivity contribution < 1.29 is 4.79 Å². The third-order valence-corrected chi connectivity index (χ3v) is 6.99. The normalized spacial score (nSPS) is 15.9. The first-order valence-electron chi connectivity index (χ1n) is 13.8.